The van der Waals surface area contributed by atoms with E-state index in [0.29, 0.717) is 6.54 Å². The summed E-state index contributed by atoms with van der Waals surface area (Å²) in [7, 11) is 0. The fourth-order valence-electron chi connectivity index (χ4n) is 1.40. The van der Waals surface area contributed by atoms with E-state index in [0.717, 1.165) is 18.7 Å². The molecule has 1 rings (SSSR count). The van der Waals surface area contributed by atoms with Crippen LogP contribution in [0.25, 0.3) is 0 Å². The van der Waals surface area contributed by atoms with Crippen LogP contribution < -0.4 is 0 Å². The maximum Gasteiger partial charge on any atom is 0.105 e. The zero-order valence-electron chi connectivity index (χ0n) is 6.84. The lowest BCUT2D eigenvalue weighted by molar-refractivity contribution is 0.386. The topological polar surface area (TPSA) is 27.0 Å². The minimum Gasteiger partial charge on any atom is -0.362 e. The van der Waals surface area contributed by atoms with Gasteiger partial charge in [-0.15, -0.1) is 0 Å². The van der Waals surface area contributed by atoms with Crippen molar-refractivity contribution in [3.63, 3.8) is 0 Å². The molecule has 1 heterocycles. The Balaban J connectivity index is 2.47. The molecule has 0 saturated carbocycles. The fraction of sp³-hybridized carbons (Fsp3) is 0.667. The van der Waals surface area contributed by atoms with E-state index >= 15 is 0 Å². The van der Waals surface area contributed by atoms with Gasteiger partial charge in [0.15, 0.2) is 0 Å². The van der Waals surface area contributed by atoms with E-state index in [2.05, 4.69) is 17.5 Å². The van der Waals surface area contributed by atoms with Gasteiger partial charge in [0.2, 0.25) is 0 Å². The van der Waals surface area contributed by atoms with Crippen molar-refractivity contribution in [2.75, 3.05) is 13.1 Å². The molecule has 0 atom stereocenters. The van der Waals surface area contributed by atoms with Gasteiger partial charge < -0.3 is 4.90 Å². The summed E-state index contributed by atoms with van der Waals surface area (Å²) < 4.78 is 0. The van der Waals surface area contributed by atoms with Crippen LogP contribution in [0.3, 0.4) is 0 Å². The first-order chi connectivity index (χ1) is 5.34. The molecule has 60 valence electrons. The minimum absolute atomic E-state index is 0.513. The van der Waals surface area contributed by atoms with Crippen LogP contribution in [0.1, 0.15) is 25.7 Å². The zero-order valence-corrected chi connectivity index (χ0v) is 6.84. The summed E-state index contributed by atoms with van der Waals surface area (Å²) in [6.07, 6.45) is 4.80. The van der Waals surface area contributed by atoms with E-state index < -0.39 is 0 Å². The van der Waals surface area contributed by atoms with Crippen molar-refractivity contribution >= 4 is 0 Å². The summed E-state index contributed by atoms with van der Waals surface area (Å²) in [5.74, 6) is 0. The molecular formula is C9H14N2. The Morgan fingerprint density at radius 2 is 2.27 bits per heavy atom. The van der Waals surface area contributed by atoms with Gasteiger partial charge in [0.05, 0.1) is 6.07 Å². The van der Waals surface area contributed by atoms with Crippen molar-refractivity contribution in [3.8, 4) is 6.07 Å². The molecule has 0 N–H and O–H groups in total. The number of nitrogens with zero attached hydrogens (tertiary/aromatic N) is 2. The molecule has 0 radical (unpaired) electrons. The van der Waals surface area contributed by atoms with E-state index in [-0.39, 0.29) is 0 Å². The molecule has 1 aliphatic heterocycles. The van der Waals surface area contributed by atoms with Crippen molar-refractivity contribution in [1.82, 2.24) is 4.90 Å². The first kappa shape index (κ1) is 8.13. The fourth-order valence-corrected chi connectivity index (χ4v) is 1.40. The van der Waals surface area contributed by atoms with Gasteiger partial charge in [0.25, 0.3) is 0 Å². The van der Waals surface area contributed by atoms with Crippen LogP contribution in [0.15, 0.2) is 12.3 Å². The van der Waals surface area contributed by atoms with Crippen molar-refractivity contribution in [1.29, 1.82) is 5.26 Å². The summed E-state index contributed by atoms with van der Waals surface area (Å²) in [6, 6.07) is 2.16. The molecule has 2 heteroatoms. The minimum atomic E-state index is 0.513. The van der Waals surface area contributed by atoms with Crippen LogP contribution in [0, 0.1) is 11.3 Å². The normalized spacial score (nSPS) is 19.2. The van der Waals surface area contributed by atoms with Crippen LogP contribution in [0.5, 0.6) is 0 Å². The number of allylic oxidation sites excluding steroid dienone is 1. The number of hydrogen-bond donors (Lipinski definition) is 0. The maximum atomic E-state index is 8.50. The molecule has 11 heavy (non-hydrogen) atoms. The van der Waals surface area contributed by atoms with E-state index in [1.807, 2.05) is 0 Å². The first-order valence-corrected chi connectivity index (χ1v) is 4.14. The van der Waals surface area contributed by atoms with Gasteiger partial charge in [0.1, 0.15) is 6.54 Å². The Kier molecular flexibility index (Phi) is 2.97. The lowest BCUT2D eigenvalue weighted by Crippen LogP contribution is -2.22. The molecule has 0 aliphatic carbocycles. The van der Waals surface area contributed by atoms with Crippen LogP contribution >= 0.6 is 0 Å². The Bertz CT molecular complexity index is 178. The highest BCUT2D eigenvalue weighted by Gasteiger charge is 2.09. The van der Waals surface area contributed by atoms with Crippen LogP contribution in [0.2, 0.25) is 0 Å². The Hall–Kier alpha value is -0.970. The third kappa shape index (κ3) is 2.27. The number of rotatable bonds is 1. The lowest BCUT2D eigenvalue weighted by atomic mass is 10.2. The molecule has 0 bridgehead atoms. The van der Waals surface area contributed by atoms with E-state index in [1.54, 1.807) is 0 Å². The number of likely N-dealkylation sites (tertiary alicyclic amines) is 1. The highest BCUT2D eigenvalue weighted by Crippen LogP contribution is 2.17. The van der Waals surface area contributed by atoms with Crippen molar-refractivity contribution in [2.24, 2.45) is 0 Å². The summed E-state index contributed by atoms with van der Waals surface area (Å²) in [6.45, 7) is 5.48. The van der Waals surface area contributed by atoms with Gasteiger partial charge in [-0.05, 0) is 19.3 Å². The van der Waals surface area contributed by atoms with Crippen LogP contribution in [0.4, 0.5) is 0 Å². The molecule has 1 aliphatic rings. The van der Waals surface area contributed by atoms with Crippen LogP contribution in [-0.4, -0.2) is 18.0 Å². The molecule has 0 unspecified atom stereocenters. The molecule has 0 amide bonds. The SMILES string of the molecule is C=C1CCCCCN1CC#N. The highest BCUT2D eigenvalue weighted by atomic mass is 15.1. The Morgan fingerprint density at radius 3 is 3.00 bits per heavy atom. The molecule has 1 saturated heterocycles. The predicted molar refractivity (Wildman–Crippen MR) is 44.8 cm³/mol. The third-order valence-electron chi connectivity index (χ3n) is 2.10. The van der Waals surface area contributed by atoms with E-state index in [4.69, 9.17) is 5.26 Å². The highest BCUT2D eigenvalue weighted by molar-refractivity contribution is 4.98. The summed E-state index contributed by atoms with van der Waals surface area (Å²) in [5, 5.41) is 8.50. The predicted octanol–water partition coefficient (Wildman–Crippen LogP) is 1.90. The molecule has 0 aromatic rings. The first-order valence-electron chi connectivity index (χ1n) is 4.14. The monoisotopic (exact) mass is 150 g/mol. The molecule has 2 nitrogen and oxygen atoms in total. The van der Waals surface area contributed by atoms with Gasteiger partial charge in [-0.3, -0.25) is 0 Å². The van der Waals surface area contributed by atoms with Gasteiger partial charge in [-0.25, -0.2) is 0 Å². The summed E-state index contributed by atoms with van der Waals surface area (Å²) >= 11 is 0. The Morgan fingerprint density at radius 1 is 1.45 bits per heavy atom. The molecule has 0 aromatic carbocycles. The Labute approximate surface area is 68.1 Å². The van der Waals surface area contributed by atoms with E-state index in [9.17, 15) is 0 Å². The molecule has 0 aromatic heterocycles. The molecule has 0 spiro atoms. The van der Waals surface area contributed by atoms with Crippen LogP contribution in [-0.2, 0) is 0 Å². The zero-order chi connectivity index (χ0) is 8.10. The van der Waals surface area contributed by atoms with Gasteiger partial charge in [-0.2, -0.15) is 5.26 Å². The van der Waals surface area contributed by atoms with Crippen molar-refractivity contribution in [2.45, 2.75) is 25.7 Å². The smallest absolute Gasteiger partial charge is 0.105 e. The third-order valence-corrected chi connectivity index (χ3v) is 2.10. The van der Waals surface area contributed by atoms with E-state index in [1.165, 1.54) is 19.3 Å². The standard InChI is InChI=1S/C9H14N2/c1-9-5-3-2-4-7-11(9)8-6-10/h1-5,7-8H2. The second kappa shape index (κ2) is 4.02. The second-order valence-corrected chi connectivity index (χ2v) is 2.96. The average molecular weight is 150 g/mol. The largest absolute Gasteiger partial charge is 0.362 e. The average Bonchev–Trinajstić information content (AvgIpc) is 2.18. The summed E-state index contributed by atoms with van der Waals surface area (Å²) in [5.41, 5.74) is 1.14. The molecular weight excluding hydrogens is 136 g/mol. The van der Waals surface area contributed by atoms with Gasteiger partial charge in [0, 0.05) is 12.2 Å². The molecule has 1 fully saturated rings. The summed E-state index contributed by atoms with van der Waals surface area (Å²) in [4.78, 5) is 2.09. The quantitative estimate of drug-likeness (QED) is 0.534. The maximum absolute atomic E-state index is 8.50. The second-order valence-electron chi connectivity index (χ2n) is 2.96. The number of hydrogen-bond acceptors (Lipinski definition) is 2. The van der Waals surface area contributed by atoms with Gasteiger partial charge >= 0.3 is 0 Å². The lowest BCUT2D eigenvalue weighted by Gasteiger charge is -2.20. The van der Waals surface area contributed by atoms with Gasteiger partial charge in [-0.1, -0.05) is 13.0 Å². The number of nitriles is 1. The van der Waals surface area contributed by atoms with Crippen molar-refractivity contribution < 1.29 is 0 Å². The van der Waals surface area contributed by atoms with Crippen molar-refractivity contribution in [3.05, 3.63) is 12.3 Å².